The molecule has 1 aliphatic rings. The fourth-order valence-electron chi connectivity index (χ4n) is 3.35. The highest BCUT2D eigenvalue weighted by Gasteiger charge is 2.27. The summed E-state index contributed by atoms with van der Waals surface area (Å²) in [5, 5.41) is 0. The van der Waals surface area contributed by atoms with Gasteiger partial charge in [-0.05, 0) is 30.7 Å². The Morgan fingerprint density at radius 1 is 1.08 bits per heavy atom. The number of hydrogen-bond donors (Lipinski definition) is 0. The Morgan fingerprint density at radius 3 is 2.60 bits per heavy atom. The first kappa shape index (κ1) is 15.6. The largest absolute Gasteiger partial charge is 0.353 e. The maximum absolute atomic E-state index is 13.1. The summed E-state index contributed by atoms with van der Waals surface area (Å²) in [4.78, 5) is 26.3. The van der Waals surface area contributed by atoms with Crippen LogP contribution in [0.1, 0.15) is 23.1 Å². The molecule has 3 aromatic heterocycles. The number of carbonyl (C=O) groups is 1. The smallest absolute Gasteiger partial charge is 0.272 e. The molecule has 0 saturated carbocycles. The molecular formula is C19H21N5O. The van der Waals surface area contributed by atoms with E-state index in [1.54, 1.807) is 6.20 Å². The van der Waals surface area contributed by atoms with Gasteiger partial charge in [0.1, 0.15) is 17.2 Å². The van der Waals surface area contributed by atoms with Crippen molar-refractivity contribution in [2.75, 3.05) is 31.1 Å². The molecule has 1 saturated heterocycles. The van der Waals surface area contributed by atoms with Gasteiger partial charge in [-0.15, -0.1) is 0 Å². The van der Waals surface area contributed by atoms with E-state index in [1.807, 2.05) is 58.8 Å². The lowest BCUT2D eigenvalue weighted by Crippen LogP contribution is -2.49. The molecule has 1 fully saturated rings. The van der Waals surface area contributed by atoms with E-state index in [9.17, 15) is 4.79 Å². The molecule has 3 aromatic rings. The third-order valence-corrected chi connectivity index (χ3v) is 4.68. The number of piperazine rings is 1. The molecule has 0 aliphatic carbocycles. The van der Waals surface area contributed by atoms with Crippen molar-refractivity contribution in [3.63, 3.8) is 0 Å². The molecule has 0 bridgehead atoms. The van der Waals surface area contributed by atoms with Gasteiger partial charge in [0.05, 0.1) is 5.69 Å². The predicted octanol–water partition coefficient (Wildman–Crippen LogP) is 2.25. The zero-order chi connectivity index (χ0) is 17.2. The van der Waals surface area contributed by atoms with E-state index >= 15 is 0 Å². The summed E-state index contributed by atoms with van der Waals surface area (Å²) >= 11 is 0. The van der Waals surface area contributed by atoms with Crippen molar-refractivity contribution >= 4 is 17.4 Å². The highest BCUT2D eigenvalue weighted by atomic mass is 16.2. The van der Waals surface area contributed by atoms with Crippen LogP contribution in [0.3, 0.4) is 0 Å². The van der Waals surface area contributed by atoms with Gasteiger partial charge >= 0.3 is 0 Å². The van der Waals surface area contributed by atoms with E-state index < -0.39 is 0 Å². The minimum Gasteiger partial charge on any atom is -0.353 e. The van der Waals surface area contributed by atoms with Gasteiger partial charge in [0.25, 0.3) is 5.91 Å². The second-order valence-corrected chi connectivity index (χ2v) is 6.16. The molecule has 0 N–H and O–H groups in total. The second kappa shape index (κ2) is 6.55. The van der Waals surface area contributed by atoms with Crippen molar-refractivity contribution in [1.82, 2.24) is 19.3 Å². The van der Waals surface area contributed by atoms with Gasteiger partial charge in [-0.25, -0.2) is 9.97 Å². The summed E-state index contributed by atoms with van der Waals surface area (Å²) in [7, 11) is 0. The number of anilines is 1. The van der Waals surface area contributed by atoms with Crippen molar-refractivity contribution in [3.05, 3.63) is 60.2 Å². The lowest BCUT2D eigenvalue weighted by Gasteiger charge is -2.35. The Bertz CT molecular complexity index is 881. The number of aromatic nitrogens is 3. The zero-order valence-electron chi connectivity index (χ0n) is 14.3. The van der Waals surface area contributed by atoms with Crippen LogP contribution in [-0.4, -0.2) is 51.4 Å². The minimum absolute atomic E-state index is 0.0659. The van der Waals surface area contributed by atoms with Gasteiger partial charge in [0.15, 0.2) is 0 Å². The Hall–Kier alpha value is -2.89. The van der Waals surface area contributed by atoms with Gasteiger partial charge in [0.2, 0.25) is 0 Å². The van der Waals surface area contributed by atoms with Gasteiger partial charge in [-0.2, -0.15) is 0 Å². The lowest BCUT2D eigenvalue weighted by molar-refractivity contribution is 0.0738. The van der Waals surface area contributed by atoms with Crippen LogP contribution in [0.2, 0.25) is 0 Å². The third kappa shape index (κ3) is 2.84. The number of fused-ring (bicyclic) bond motifs is 1. The summed E-state index contributed by atoms with van der Waals surface area (Å²) in [5.74, 6) is 1.04. The number of rotatable bonds is 3. The van der Waals surface area contributed by atoms with Crippen molar-refractivity contribution in [2.24, 2.45) is 0 Å². The van der Waals surface area contributed by atoms with Crippen LogP contribution in [0.25, 0.3) is 5.65 Å². The first-order valence-corrected chi connectivity index (χ1v) is 8.69. The monoisotopic (exact) mass is 335 g/mol. The summed E-state index contributed by atoms with van der Waals surface area (Å²) in [6.45, 7) is 5.01. The van der Waals surface area contributed by atoms with E-state index in [2.05, 4.69) is 14.9 Å². The first-order chi connectivity index (χ1) is 12.3. The summed E-state index contributed by atoms with van der Waals surface area (Å²) in [6, 6.07) is 11.7. The summed E-state index contributed by atoms with van der Waals surface area (Å²) in [6.07, 6.45) is 4.47. The molecule has 0 spiro atoms. The van der Waals surface area contributed by atoms with Crippen LogP contribution >= 0.6 is 0 Å². The predicted molar refractivity (Wildman–Crippen MR) is 96.9 cm³/mol. The third-order valence-electron chi connectivity index (χ3n) is 4.68. The molecule has 4 heterocycles. The van der Waals surface area contributed by atoms with Gasteiger partial charge in [-0.3, -0.25) is 9.20 Å². The molecule has 0 atom stereocenters. The molecule has 6 heteroatoms. The van der Waals surface area contributed by atoms with Crippen LogP contribution < -0.4 is 4.90 Å². The van der Waals surface area contributed by atoms with E-state index in [1.165, 1.54) is 0 Å². The second-order valence-electron chi connectivity index (χ2n) is 6.16. The average Bonchev–Trinajstić information content (AvgIpc) is 3.07. The number of carbonyl (C=O) groups excluding carboxylic acids is 1. The Balaban J connectivity index is 1.55. The number of nitrogens with zero attached hydrogens (tertiary/aromatic N) is 5. The van der Waals surface area contributed by atoms with Crippen LogP contribution in [0.5, 0.6) is 0 Å². The number of aryl methyl sites for hydroxylation is 1. The summed E-state index contributed by atoms with van der Waals surface area (Å²) in [5.41, 5.74) is 2.39. The van der Waals surface area contributed by atoms with E-state index in [-0.39, 0.29) is 5.91 Å². The Morgan fingerprint density at radius 2 is 1.88 bits per heavy atom. The highest BCUT2D eigenvalue weighted by Crippen LogP contribution is 2.18. The maximum Gasteiger partial charge on any atom is 0.272 e. The van der Waals surface area contributed by atoms with E-state index in [0.29, 0.717) is 18.8 Å². The van der Waals surface area contributed by atoms with E-state index in [4.69, 9.17) is 0 Å². The average molecular weight is 335 g/mol. The number of hydrogen-bond acceptors (Lipinski definition) is 4. The molecule has 6 nitrogen and oxygen atoms in total. The molecule has 128 valence electrons. The molecule has 0 aromatic carbocycles. The molecule has 4 rings (SSSR count). The fourth-order valence-corrected chi connectivity index (χ4v) is 3.35. The molecule has 1 aliphatic heterocycles. The normalized spacial score (nSPS) is 14.9. The lowest BCUT2D eigenvalue weighted by atomic mass is 10.2. The first-order valence-electron chi connectivity index (χ1n) is 8.69. The standard InChI is InChI=1S/C19H21N5O/c1-2-15-18(24-10-6-4-8-17(24)21-15)19(25)23-13-11-22(12-14-23)16-7-3-5-9-20-16/h3-10H,2,11-14H2,1H3. The molecule has 25 heavy (non-hydrogen) atoms. The minimum atomic E-state index is 0.0659. The quantitative estimate of drug-likeness (QED) is 0.737. The van der Waals surface area contributed by atoms with Crippen molar-refractivity contribution in [1.29, 1.82) is 0 Å². The molecule has 0 radical (unpaired) electrons. The molecule has 0 unspecified atom stereocenters. The number of pyridine rings is 2. The van der Waals surface area contributed by atoms with Crippen molar-refractivity contribution < 1.29 is 4.79 Å². The fraction of sp³-hybridized carbons (Fsp3) is 0.316. The Labute approximate surface area is 146 Å². The molecule has 1 amide bonds. The van der Waals surface area contributed by atoms with Crippen molar-refractivity contribution in [3.8, 4) is 0 Å². The van der Waals surface area contributed by atoms with E-state index in [0.717, 1.165) is 36.7 Å². The summed E-state index contributed by atoms with van der Waals surface area (Å²) < 4.78 is 1.91. The van der Waals surface area contributed by atoms with Gasteiger partial charge in [-0.1, -0.05) is 19.1 Å². The van der Waals surface area contributed by atoms with Crippen LogP contribution in [0.15, 0.2) is 48.8 Å². The van der Waals surface area contributed by atoms with Crippen molar-refractivity contribution in [2.45, 2.75) is 13.3 Å². The number of amides is 1. The topological polar surface area (TPSA) is 53.7 Å². The number of imidazole rings is 1. The van der Waals surface area contributed by atoms with Crippen LogP contribution in [-0.2, 0) is 6.42 Å². The maximum atomic E-state index is 13.1. The van der Waals surface area contributed by atoms with Gasteiger partial charge < -0.3 is 9.80 Å². The molecular weight excluding hydrogens is 314 g/mol. The van der Waals surface area contributed by atoms with Crippen LogP contribution in [0.4, 0.5) is 5.82 Å². The highest BCUT2D eigenvalue weighted by molar-refractivity contribution is 5.95. The Kier molecular flexibility index (Phi) is 4.09. The zero-order valence-corrected chi connectivity index (χ0v) is 14.3. The SMILES string of the molecule is CCc1nc2ccccn2c1C(=O)N1CCN(c2ccccn2)CC1. The van der Waals surface area contributed by atoms with Gasteiger partial charge in [0, 0.05) is 38.6 Å². The van der Waals surface area contributed by atoms with Crippen LogP contribution in [0, 0.1) is 0 Å².